The predicted octanol–water partition coefficient (Wildman–Crippen LogP) is 0.814. The van der Waals surface area contributed by atoms with E-state index in [1.807, 2.05) is 0 Å². The molecule has 1 aliphatic rings. The number of benzene rings is 1. The molecule has 0 saturated carbocycles. The van der Waals surface area contributed by atoms with Crippen LogP contribution >= 0.6 is 12.2 Å². The van der Waals surface area contributed by atoms with Crippen LogP contribution < -0.4 is 10.7 Å². The van der Waals surface area contributed by atoms with E-state index in [0.29, 0.717) is 13.1 Å². The van der Waals surface area contributed by atoms with Gasteiger partial charge in [0.05, 0.1) is 6.42 Å². The van der Waals surface area contributed by atoms with Crippen molar-refractivity contribution in [1.82, 2.24) is 20.7 Å². The number of halogens is 1. The molecule has 0 aromatic heterocycles. The van der Waals surface area contributed by atoms with Crippen molar-refractivity contribution in [1.29, 1.82) is 0 Å². The summed E-state index contributed by atoms with van der Waals surface area (Å²) in [6, 6.07) is 4.21. The summed E-state index contributed by atoms with van der Waals surface area (Å²) in [5.74, 6) is -1.86. The van der Waals surface area contributed by atoms with E-state index in [1.165, 1.54) is 28.1 Å². The second-order valence-corrected chi connectivity index (χ2v) is 5.72. The second kappa shape index (κ2) is 8.02. The molecule has 134 valence electrons. The number of hydrogen-bond acceptors (Lipinski definition) is 4. The van der Waals surface area contributed by atoms with Crippen LogP contribution in [-0.4, -0.2) is 51.9 Å². The third-order valence-corrected chi connectivity index (χ3v) is 4.09. The minimum atomic E-state index is -0.934. The van der Waals surface area contributed by atoms with Crippen molar-refractivity contribution in [2.75, 3.05) is 13.1 Å². The predicted molar refractivity (Wildman–Crippen MR) is 92.8 cm³/mol. The van der Waals surface area contributed by atoms with Gasteiger partial charge in [0.1, 0.15) is 11.9 Å². The maximum Gasteiger partial charge on any atom is 0.269 e. The maximum absolute atomic E-state index is 13.3. The van der Waals surface area contributed by atoms with Crippen molar-refractivity contribution in [2.24, 2.45) is 0 Å². The molecule has 1 heterocycles. The molecule has 25 heavy (non-hydrogen) atoms. The Balaban J connectivity index is 2.21. The zero-order chi connectivity index (χ0) is 18.6. The van der Waals surface area contributed by atoms with Crippen LogP contribution in [0.2, 0.25) is 0 Å². The van der Waals surface area contributed by atoms with Gasteiger partial charge in [0.25, 0.3) is 11.8 Å². The van der Waals surface area contributed by atoms with Gasteiger partial charge in [0.2, 0.25) is 5.91 Å². The van der Waals surface area contributed by atoms with Gasteiger partial charge in [0, 0.05) is 18.7 Å². The summed E-state index contributed by atoms with van der Waals surface area (Å²) < 4.78 is 13.3. The average molecular weight is 366 g/mol. The summed E-state index contributed by atoms with van der Waals surface area (Å²) in [6.07, 6.45) is -0.146. The van der Waals surface area contributed by atoms with E-state index >= 15 is 0 Å². The summed E-state index contributed by atoms with van der Waals surface area (Å²) >= 11 is 5.24. The molecule has 9 heteroatoms. The van der Waals surface area contributed by atoms with Crippen LogP contribution in [0.25, 0.3) is 0 Å². The van der Waals surface area contributed by atoms with Gasteiger partial charge in [-0.25, -0.2) is 9.40 Å². The summed E-state index contributed by atoms with van der Waals surface area (Å²) in [5.41, 5.74) is 2.59. The first-order chi connectivity index (χ1) is 11.9. The lowest BCUT2D eigenvalue weighted by Crippen LogP contribution is -2.50. The van der Waals surface area contributed by atoms with Gasteiger partial charge in [-0.3, -0.25) is 24.7 Å². The number of carbonyl (C=O) groups is 3. The molecule has 2 N–H and O–H groups in total. The third kappa shape index (κ3) is 4.11. The van der Waals surface area contributed by atoms with E-state index < -0.39 is 17.8 Å². The molecule has 1 unspecified atom stereocenters. The molecule has 2 rings (SSSR count). The number of amides is 3. The van der Waals surface area contributed by atoms with Crippen LogP contribution in [0.3, 0.4) is 0 Å². The molecule has 7 nitrogen and oxygen atoms in total. The van der Waals surface area contributed by atoms with E-state index in [9.17, 15) is 18.8 Å². The molecule has 1 aliphatic heterocycles. The summed E-state index contributed by atoms with van der Waals surface area (Å²) in [7, 11) is 0. The lowest BCUT2D eigenvalue weighted by Gasteiger charge is -2.24. The Morgan fingerprint density at radius 2 is 2.04 bits per heavy atom. The topological polar surface area (TPSA) is 81.8 Å². The third-order valence-electron chi connectivity index (χ3n) is 3.68. The van der Waals surface area contributed by atoms with Crippen molar-refractivity contribution >= 4 is 35.1 Å². The quantitative estimate of drug-likeness (QED) is 0.729. The maximum atomic E-state index is 13.3. The van der Waals surface area contributed by atoms with E-state index in [4.69, 9.17) is 12.2 Å². The molecular formula is C16H19FN4O3S. The lowest BCUT2D eigenvalue weighted by molar-refractivity contribution is -0.132. The number of likely N-dealkylation sites (N-methyl/N-ethyl adjacent to an activating group) is 1. The van der Waals surface area contributed by atoms with Gasteiger partial charge in [-0.2, -0.15) is 0 Å². The van der Waals surface area contributed by atoms with Crippen LogP contribution in [0.5, 0.6) is 0 Å². The minimum Gasteiger partial charge on any atom is -0.356 e. The number of thiocarbonyl (C=S) groups is 1. The van der Waals surface area contributed by atoms with Crippen LogP contribution in [0.4, 0.5) is 4.39 Å². The first-order valence-electron chi connectivity index (χ1n) is 7.86. The standard InChI is InChI=1S/C16H19FN4O3S/c1-3-18-13(22)9-12-15(24)20(4-2)16(25)21(12)19-14(23)10-6-5-7-11(17)8-10/h5-8,12H,3-4,9H2,1-2H3,(H,18,22)(H,19,23). The van der Waals surface area contributed by atoms with E-state index in [0.717, 1.165) is 6.07 Å². The fourth-order valence-corrected chi connectivity index (χ4v) is 2.88. The molecular weight excluding hydrogens is 347 g/mol. The number of hydrogen-bond donors (Lipinski definition) is 2. The SMILES string of the molecule is CCNC(=O)CC1C(=O)N(CC)C(=S)N1NC(=O)c1cccc(F)c1. The Morgan fingerprint density at radius 1 is 1.32 bits per heavy atom. The highest BCUT2D eigenvalue weighted by Gasteiger charge is 2.43. The van der Waals surface area contributed by atoms with Gasteiger partial charge in [-0.15, -0.1) is 0 Å². The number of carbonyl (C=O) groups excluding carboxylic acids is 3. The van der Waals surface area contributed by atoms with Crippen molar-refractivity contribution in [3.8, 4) is 0 Å². The summed E-state index contributed by atoms with van der Waals surface area (Å²) in [4.78, 5) is 38.0. The van der Waals surface area contributed by atoms with Gasteiger partial charge in [-0.05, 0) is 44.3 Å². The Kier molecular flexibility index (Phi) is 6.02. The van der Waals surface area contributed by atoms with Gasteiger partial charge in [-0.1, -0.05) is 6.07 Å². The molecule has 0 aliphatic carbocycles. The largest absolute Gasteiger partial charge is 0.356 e. The van der Waals surface area contributed by atoms with Gasteiger partial charge < -0.3 is 5.32 Å². The van der Waals surface area contributed by atoms with Gasteiger partial charge >= 0.3 is 0 Å². The highest BCUT2D eigenvalue weighted by molar-refractivity contribution is 7.80. The van der Waals surface area contributed by atoms with Crippen LogP contribution in [0.15, 0.2) is 24.3 Å². The molecule has 0 spiro atoms. The number of nitrogens with zero attached hydrogens (tertiary/aromatic N) is 2. The molecule has 0 bridgehead atoms. The van der Waals surface area contributed by atoms with Crippen molar-refractivity contribution in [3.05, 3.63) is 35.6 Å². The van der Waals surface area contributed by atoms with Crippen molar-refractivity contribution < 1.29 is 18.8 Å². The number of rotatable bonds is 6. The molecule has 0 radical (unpaired) electrons. The zero-order valence-electron chi connectivity index (χ0n) is 13.9. The molecule has 1 fully saturated rings. The van der Waals surface area contributed by atoms with Gasteiger partial charge in [0.15, 0.2) is 5.11 Å². The molecule has 1 atom stereocenters. The fraction of sp³-hybridized carbons (Fsp3) is 0.375. The number of hydrazine groups is 1. The van der Waals surface area contributed by atoms with E-state index in [2.05, 4.69) is 10.7 Å². The van der Waals surface area contributed by atoms with Crippen molar-refractivity contribution in [2.45, 2.75) is 26.3 Å². The normalized spacial score (nSPS) is 17.0. The first kappa shape index (κ1) is 18.8. The molecule has 1 aromatic carbocycles. The van der Waals surface area contributed by atoms with Crippen LogP contribution in [0.1, 0.15) is 30.6 Å². The highest BCUT2D eigenvalue weighted by Crippen LogP contribution is 2.19. The van der Waals surface area contributed by atoms with Crippen molar-refractivity contribution in [3.63, 3.8) is 0 Å². The smallest absolute Gasteiger partial charge is 0.269 e. The Morgan fingerprint density at radius 3 is 2.64 bits per heavy atom. The summed E-state index contributed by atoms with van der Waals surface area (Å²) in [5, 5.41) is 3.91. The van der Waals surface area contributed by atoms with Crippen LogP contribution in [0, 0.1) is 5.82 Å². The summed E-state index contributed by atoms with van der Waals surface area (Å²) in [6.45, 7) is 4.25. The molecule has 1 saturated heterocycles. The first-order valence-corrected chi connectivity index (χ1v) is 8.27. The molecule has 1 aromatic rings. The monoisotopic (exact) mass is 366 g/mol. The zero-order valence-corrected chi connectivity index (χ0v) is 14.7. The number of nitrogens with one attached hydrogen (secondary N) is 2. The Labute approximate surface area is 150 Å². The van der Waals surface area contributed by atoms with E-state index in [1.54, 1.807) is 13.8 Å². The average Bonchev–Trinajstić information content (AvgIpc) is 2.78. The second-order valence-electron chi connectivity index (χ2n) is 5.36. The minimum absolute atomic E-state index is 0.0851. The Hall–Kier alpha value is -2.55. The Bertz CT molecular complexity index is 712. The lowest BCUT2D eigenvalue weighted by atomic mass is 10.2. The fourth-order valence-electron chi connectivity index (χ4n) is 2.49. The molecule has 3 amide bonds. The van der Waals surface area contributed by atoms with E-state index in [-0.39, 0.29) is 28.9 Å². The van der Waals surface area contributed by atoms with Crippen LogP contribution in [-0.2, 0) is 9.59 Å². The highest BCUT2D eigenvalue weighted by atomic mass is 32.1.